The lowest BCUT2D eigenvalue weighted by atomic mass is 10.1. The Hall–Kier alpha value is -13.0. The maximum absolute atomic E-state index is 12.4. The second-order valence-corrected chi connectivity index (χ2v) is 29.2. The molecule has 0 amide bonds. The number of aromatic amines is 2. The summed E-state index contributed by atoms with van der Waals surface area (Å²) in [6, 6.07) is 0. The molecule has 14 aromatic rings. The van der Waals surface area contributed by atoms with E-state index in [1.54, 1.807) is 63.9 Å². The van der Waals surface area contributed by atoms with Gasteiger partial charge in [0.2, 0.25) is 29.1 Å². The van der Waals surface area contributed by atoms with Crippen molar-refractivity contribution in [3.05, 3.63) is 112 Å². The third-order valence-electron chi connectivity index (χ3n) is 20.2. The molecule has 0 aliphatic carbocycles. The molecule has 0 saturated carbocycles. The van der Waals surface area contributed by atoms with Crippen LogP contribution in [0, 0.1) is 0 Å². The maximum Gasteiger partial charge on any atom is 0.303 e. The van der Waals surface area contributed by atoms with Crippen LogP contribution < -0.4 is 22.6 Å². The number of aliphatic hydroxyl groups is 9. The largest absolute Gasteiger partial charge is 0.463 e. The molecule has 5 saturated heterocycles. The Balaban J connectivity index is 0.000000123. The van der Waals surface area contributed by atoms with Gasteiger partial charge in [0, 0.05) is 91.1 Å². The fraction of sp³-hybridized carbons (Fsp3) is 0.443. The minimum atomic E-state index is -1.26. The number of nitrogens with one attached hydrogen (secondary N) is 2. The van der Waals surface area contributed by atoms with Crippen LogP contribution in [-0.2, 0) is 80.9 Å². The molecule has 54 nitrogen and oxygen atoms in total. The normalized spacial score (nSPS) is 26.3. The summed E-state index contributed by atoms with van der Waals surface area (Å²) >= 11 is 12.2. The molecule has 19 rings (SSSR count). The van der Waals surface area contributed by atoms with Crippen molar-refractivity contribution < 1.29 is 127 Å². The minimum Gasteiger partial charge on any atom is -0.463 e. The van der Waals surface area contributed by atoms with E-state index < -0.39 is 189 Å². The Morgan fingerprint density at radius 1 is 0.389 bits per heavy atom. The van der Waals surface area contributed by atoms with Crippen molar-refractivity contribution in [3.63, 3.8) is 0 Å². The fourth-order valence-corrected chi connectivity index (χ4v) is 15.3. The van der Waals surface area contributed by atoms with E-state index in [2.05, 4.69) is 74.8 Å². The second-order valence-electron chi connectivity index (χ2n) is 28.5. The molecule has 5 fully saturated rings. The number of nitrogens with zero attached hydrogens (tertiary/aromatic N) is 22. The number of ether oxygens (including phenoxy) is 11. The highest BCUT2D eigenvalue weighted by Crippen LogP contribution is 2.41. The molecule has 0 aromatic carbocycles. The van der Waals surface area contributed by atoms with Gasteiger partial charge >= 0.3 is 35.8 Å². The average Bonchev–Trinajstić information content (AvgIpc) is 1.60. The smallest absolute Gasteiger partial charge is 0.303 e. The summed E-state index contributed by atoms with van der Waals surface area (Å²) < 4.78 is 74.1. The number of aromatic nitrogens is 24. The van der Waals surface area contributed by atoms with Crippen molar-refractivity contribution in [3.8, 4) is 0 Å². The number of aliphatic hydroxyl groups excluding tert-OH is 9. The Bertz CT molecular complexity index is 6580. The molecule has 56 heteroatoms. The van der Waals surface area contributed by atoms with Gasteiger partial charge in [-0.3, -0.25) is 88.8 Å². The zero-order valence-electron chi connectivity index (χ0n) is 66.1. The Kier molecular flexibility index (Phi) is 25.0. The van der Waals surface area contributed by atoms with Crippen molar-refractivity contribution in [2.75, 3.05) is 44.5 Å². The van der Waals surface area contributed by atoms with Crippen LogP contribution in [-0.4, -0.2) is 322 Å². The quantitative estimate of drug-likeness (QED) is 0.0247. The molecule has 5 aliphatic heterocycles. The predicted molar refractivity (Wildman–Crippen MR) is 417 cm³/mol. The Morgan fingerprint density at radius 2 is 0.722 bits per heavy atom. The molecule has 15 N–H and O–H groups in total. The third-order valence-corrected chi connectivity index (χ3v) is 20.8. The molecular weight excluding hydrogens is 1720 g/mol. The van der Waals surface area contributed by atoms with Crippen LogP contribution in [0.25, 0.3) is 78.9 Å². The number of nitrogen functional groups attached to an aromatic ring is 2. The number of hydrogen-bond donors (Lipinski definition) is 13. The van der Waals surface area contributed by atoms with Gasteiger partial charge in [-0.15, -0.1) is 0 Å². The standard InChI is InChI=1S/C18H18ClN5O7.C18H19N5O8.C12H14N6O4.C12H13N5O5.C10H12ClN5O4/c1-8(25)28-6-11-13(29-9(2)26)14(30-10(3)27)17(31-11)24-7-21-12-15(19)22-18-20-4-5-23(18)16(12)24;1-8(24)28-6-11-13(29-9(2)25)14(30-10(3)26)17(31-11)23-7-20-12-15(27)21-18-19-4-5-22(18)16(12)23;13-9-6-10(17-2-1-14-12(17)16-9)18(4-15-6)11-8(21)7(20)5(3-19)22-11;18-3-5-7(19)8(20)11(22-5)17-4-14-6-9(21)15-12-13-1-2-16(12)10(6)17;11-7-4-8(15-10(12)14-7)16(2-13-4)9-6(19)5(18)3(1-17)20-9/h4-5,7,11,13-14,17H,6H2,1-3H3;4-5,7,11,13-14,17H,6H2,1-3H3,(H,19,21,27);1-2,4-5,7-8,11,19-21H,3H2,(H2,13,14,16);1-2,4-5,7-8,11,18-20H,3H2,(H,13,15,21);2-3,5-6,9,17-19H,1H2,(H2,12,14,15). The number of nitrogens with two attached hydrogens (primary N) is 2. The summed E-state index contributed by atoms with van der Waals surface area (Å²) in [6.45, 7) is 5.61. The van der Waals surface area contributed by atoms with E-state index in [9.17, 15) is 79.2 Å². The van der Waals surface area contributed by atoms with Crippen molar-refractivity contribution >= 4 is 150 Å². The Morgan fingerprint density at radius 3 is 1.13 bits per heavy atom. The first-order valence-electron chi connectivity index (χ1n) is 37.7. The van der Waals surface area contributed by atoms with Crippen LogP contribution in [0.4, 0.5) is 11.8 Å². The summed E-state index contributed by atoms with van der Waals surface area (Å²) in [5, 5.41) is 87.5. The number of rotatable bonds is 16. The zero-order chi connectivity index (χ0) is 89.9. The van der Waals surface area contributed by atoms with E-state index in [1.165, 1.54) is 99.3 Å². The summed E-state index contributed by atoms with van der Waals surface area (Å²) in [6.07, 6.45) is -1.24. The molecule has 668 valence electrons. The van der Waals surface area contributed by atoms with Gasteiger partial charge in [-0.2, -0.15) is 19.9 Å². The topological polar surface area (TPSA) is 714 Å². The predicted octanol–water partition coefficient (Wildman–Crippen LogP) is -4.32. The van der Waals surface area contributed by atoms with Gasteiger partial charge in [0.25, 0.3) is 11.1 Å². The average molecular weight is 1800 g/mol. The van der Waals surface area contributed by atoms with Crippen LogP contribution in [0.3, 0.4) is 0 Å². The molecule has 20 unspecified atom stereocenters. The number of H-pyrrole nitrogens is 2. The lowest BCUT2D eigenvalue weighted by Gasteiger charge is -2.24. The van der Waals surface area contributed by atoms with Crippen LogP contribution in [0.1, 0.15) is 72.7 Å². The van der Waals surface area contributed by atoms with E-state index in [1.807, 2.05) is 0 Å². The summed E-state index contributed by atoms with van der Waals surface area (Å²) in [5.41, 5.74) is 13.9. The first-order valence-corrected chi connectivity index (χ1v) is 38.5. The fourth-order valence-electron chi connectivity index (χ4n) is 14.9. The summed E-state index contributed by atoms with van der Waals surface area (Å²) in [7, 11) is 0. The molecule has 0 spiro atoms. The van der Waals surface area contributed by atoms with E-state index in [0.29, 0.717) is 56.5 Å². The van der Waals surface area contributed by atoms with Gasteiger partial charge in [0.1, 0.15) is 96.9 Å². The number of carbonyl (C=O) groups is 6. The van der Waals surface area contributed by atoms with Crippen molar-refractivity contribution in [1.82, 2.24) is 115 Å². The number of esters is 6. The van der Waals surface area contributed by atoms with E-state index in [-0.39, 0.29) is 57.7 Å². The third kappa shape index (κ3) is 16.6. The highest BCUT2D eigenvalue weighted by atomic mass is 35.5. The molecule has 14 aromatic heterocycles. The summed E-state index contributed by atoms with van der Waals surface area (Å²) in [4.78, 5) is 152. The second kappa shape index (κ2) is 35.9. The van der Waals surface area contributed by atoms with Crippen LogP contribution in [0.15, 0.2) is 90.8 Å². The van der Waals surface area contributed by atoms with Crippen LogP contribution >= 0.6 is 23.2 Å². The summed E-state index contributed by atoms with van der Waals surface area (Å²) in [5.74, 6) is -2.12. The van der Waals surface area contributed by atoms with Crippen molar-refractivity contribution in [2.24, 2.45) is 0 Å². The molecule has 0 bridgehead atoms. The SMILES string of the molecule is CC(=O)OCC1OC(n2cnc3c(=O)[nH]c4nccn4c32)C(OC(C)=O)C1OC(C)=O.CC(=O)OCC1OC(n2cnc3c(Cl)nc4nccn4c32)C(OC(C)=O)C1OC(C)=O.Nc1nc(Cl)c2ncn(C3OC(CO)C(O)C3O)c2n1.Nc1nc2nccn2c2c1ncn2C1OC(CO)C(O)C1O.O=c1[nH]c2nccn2c2c1ncn2C1OC(CO)C(O)C1O. The van der Waals surface area contributed by atoms with Gasteiger partial charge in [0.15, 0.2) is 111 Å². The highest BCUT2D eigenvalue weighted by molar-refractivity contribution is 6.34. The molecule has 20 atom stereocenters. The number of carbonyl (C=O) groups excluding carboxylic acids is 6. The van der Waals surface area contributed by atoms with E-state index in [0.717, 1.165) is 0 Å². The van der Waals surface area contributed by atoms with E-state index >= 15 is 0 Å². The van der Waals surface area contributed by atoms with Gasteiger partial charge in [-0.1, -0.05) is 23.2 Å². The van der Waals surface area contributed by atoms with E-state index in [4.69, 9.17) is 91.9 Å². The van der Waals surface area contributed by atoms with Gasteiger partial charge in [-0.05, 0) is 0 Å². The van der Waals surface area contributed by atoms with Gasteiger partial charge < -0.3 is 110 Å². The van der Waals surface area contributed by atoms with Crippen molar-refractivity contribution in [2.45, 2.75) is 164 Å². The first-order chi connectivity index (χ1) is 60.3. The number of hydrogen-bond acceptors (Lipinski definition) is 43. The monoisotopic (exact) mass is 1800 g/mol. The number of halogens is 2. The molecular formula is C70H76Cl2N26O28. The Labute approximate surface area is 709 Å². The van der Waals surface area contributed by atoms with Gasteiger partial charge in [0.05, 0.1) is 51.5 Å². The number of fused-ring (bicyclic) bond motifs is 13. The van der Waals surface area contributed by atoms with Crippen LogP contribution in [0.5, 0.6) is 0 Å². The molecule has 0 radical (unpaired) electrons. The lowest BCUT2D eigenvalue weighted by molar-refractivity contribution is -0.166. The zero-order valence-corrected chi connectivity index (χ0v) is 67.6. The molecule has 126 heavy (non-hydrogen) atoms. The van der Waals surface area contributed by atoms with Crippen LogP contribution in [0.2, 0.25) is 10.3 Å². The van der Waals surface area contributed by atoms with Gasteiger partial charge in [-0.25, -0.2) is 44.9 Å². The number of imidazole rings is 9. The first kappa shape index (κ1) is 87.8. The molecule has 19 heterocycles. The molecule has 5 aliphatic rings. The lowest BCUT2D eigenvalue weighted by Crippen LogP contribution is -2.40. The number of anilines is 2. The maximum atomic E-state index is 12.4. The van der Waals surface area contributed by atoms with Crippen molar-refractivity contribution in [1.29, 1.82) is 0 Å². The minimum absolute atomic E-state index is 0.0454. The highest BCUT2D eigenvalue weighted by Gasteiger charge is 2.54.